The third-order valence-electron chi connectivity index (χ3n) is 5.64. The Labute approximate surface area is 229 Å². The highest BCUT2D eigenvalue weighted by Crippen LogP contribution is 2.32. The SMILES string of the molecule is COc1ccc(-c2nc3cc(NC(=S)NC(=O)c4ccc(OCc5ccccc5)cc4)ccc3o2)cc1Cl. The molecule has 0 fully saturated rings. The molecule has 4 aromatic carbocycles. The van der Waals surface area contributed by atoms with E-state index in [9.17, 15) is 4.79 Å². The van der Waals surface area contributed by atoms with Gasteiger partial charge in [0.2, 0.25) is 5.89 Å². The minimum atomic E-state index is -0.335. The maximum Gasteiger partial charge on any atom is 0.257 e. The van der Waals surface area contributed by atoms with Gasteiger partial charge in [0.25, 0.3) is 5.91 Å². The van der Waals surface area contributed by atoms with Gasteiger partial charge in [0, 0.05) is 16.8 Å². The standard InChI is InChI=1S/C29H22ClN3O4S/c1-35-25-13-9-20(15-23(25)30)28-32-24-16-21(10-14-26(24)37-28)31-29(38)33-27(34)19-7-11-22(12-8-19)36-17-18-5-3-2-4-6-18/h2-16H,17H2,1H3,(H2,31,33,34,38). The molecule has 0 spiro atoms. The number of nitrogens with zero attached hydrogens (tertiary/aromatic N) is 1. The number of oxazole rings is 1. The number of halogens is 1. The lowest BCUT2D eigenvalue weighted by Crippen LogP contribution is -2.34. The van der Waals surface area contributed by atoms with Crippen LogP contribution >= 0.6 is 23.8 Å². The summed E-state index contributed by atoms with van der Waals surface area (Å²) in [5.74, 6) is 1.33. The van der Waals surface area contributed by atoms with E-state index in [1.807, 2.05) is 36.4 Å². The number of rotatable bonds is 7. The number of ether oxygens (including phenoxy) is 2. The highest BCUT2D eigenvalue weighted by atomic mass is 35.5. The third-order valence-corrected chi connectivity index (χ3v) is 6.14. The lowest BCUT2D eigenvalue weighted by Gasteiger charge is -2.10. The van der Waals surface area contributed by atoms with E-state index in [4.69, 9.17) is 37.7 Å². The summed E-state index contributed by atoms with van der Waals surface area (Å²) in [6.45, 7) is 0.450. The number of aromatic nitrogens is 1. The summed E-state index contributed by atoms with van der Waals surface area (Å²) in [5, 5.41) is 6.32. The van der Waals surface area contributed by atoms with Crippen molar-refractivity contribution in [3.05, 3.63) is 107 Å². The highest BCUT2D eigenvalue weighted by molar-refractivity contribution is 7.80. The highest BCUT2D eigenvalue weighted by Gasteiger charge is 2.13. The van der Waals surface area contributed by atoms with E-state index in [0.717, 1.165) is 11.1 Å². The number of anilines is 1. The monoisotopic (exact) mass is 543 g/mol. The van der Waals surface area contributed by atoms with E-state index in [2.05, 4.69) is 15.6 Å². The zero-order chi connectivity index (χ0) is 26.5. The van der Waals surface area contributed by atoms with Gasteiger partial charge in [0.05, 0.1) is 12.1 Å². The lowest BCUT2D eigenvalue weighted by molar-refractivity contribution is 0.0977. The van der Waals surface area contributed by atoms with Crippen LogP contribution in [0.3, 0.4) is 0 Å². The Morgan fingerprint density at radius 1 is 1.00 bits per heavy atom. The Bertz CT molecular complexity index is 1600. The molecule has 9 heteroatoms. The largest absolute Gasteiger partial charge is 0.495 e. The van der Waals surface area contributed by atoms with Crippen LogP contribution in [0.15, 0.2) is 95.4 Å². The van der Waals surface area contributed by atoms with Gasteiger partial charge >= 0.3 is 0 Å². The lowest BCUT2D eigenvalue weighted by atomic mass is 10.2. The summed E-state index contributed by atoms with van der Waals surface area (Å²) in [6.07, 6.45) is 0. The van der Waals surface area contributed by atoms with Crippen molar-refractivity contribution in [1.29, 1.82) is 0 Å². The molecule has 0 unspecified atom stereocenters. The van der Waals surface area contributed by atoms with E-state index in [1.54, 1.807) is 61.7 Å². The van der Waals surface area contributed by atoms with Crippen LogP contribution in [-0.4, -0.2) is 23.1 Å². The normalized spacial score (nSPS) is 10.7. The van der Waals surface area contributed by atoms with Crippen molar-refractivity contribution in [2.75, 3.05) is 12.4 Å². The zero-order valence-electron chi connectivity index (χ0n) is 20.2. The first kappa shape index (κ1) is 25.3. The summed E-state index contributed by atoms with van der Waals surface area (Å²) in [4.78, 5) is 17.2. The minimum Gasteiger partial charge on any atom is -0.495 e. The number of hydrogen-bond acceptors (Lipinski definition) is 6. The number of amides is 1. The first-order valence-electron chi connectivity index (χ1n) is 11.6. The first-order chi connectivity index (χ1) is 18.5. The summed E-state index contributed by atoms with van der Waals surface area (Å²) >= 11 is 11.6. The van der Waals surface area contributed by atoms with Crippen LogP contribution in [0, 0.1) is 0 Å². The van der Waals surface area contributed by atoms with Crippen LogP contribution in [0.2, 0.25) is 5.02 Å². The molecule has 5 aromatic rings. The van der Waals surface area contributed by atoms with Gasteiger partial charge in [0.1, 0.15) is 23.6 Å². The molecule has 1 aromatic heterocycles. The number of benzene rings is 4. The molecule has 0 radical (unpaired) electrons. The van der Waals surface area contributed by atoms with Gasteiger partial charge in [-0.2, -0.15) is 0 Å². The Kier molecular flexibility index (Phi) is 7.53. The Hall–Kier alpha value is -4.40. The number of thiocarbonyl (C=S) groups is 1. The van der Waals surface area contributed by atoms with Crippen molar-refractivity contribution >= 4 is 51.6 Å². The van der Waals surface area contributed by atoms with Gasteiger partial charge in [-0.1, -0.05) is 41.9 Å². The van der Waals surface area contributed by atoms with Gasteiger partial charge in [-0.3, -0.25) is 10.1 Å². The second-order valence-corrected chi connectivity index (χ2v) is 9.07. The smallest absolute Gasteiger partial charge is 0.257 e. The molecule has 0 saturated heterocycles. The van der Waals surface area contributed by atoms with E-state index < -0.39 is 0 Å². The molecule has 0 aliphatic heterocycles. The first-order valence-corrected chi connectivity index (χ1v) is 12.4. The Balaban J connectivity index is 1.19. The summed E-state index contributed by atoms with van der Waals surface area (Å²) < 4.78 is 16.8. The van der Waals surface area contributed by atoms with Crippen LogP contribution in [0.1, 0.15) is 15.9 Å². The maximum absolute atomic E-state index is 12.7. The van der Waals surface area contributed by atoms with Gasteiger partial charge in [-0.25, -0.2) is 4.98 Å². The van der Waals surface area contributed by atoms with Crippen LogP contribution in [0.4, 0.5) is 5.69 Å². The summed E-state index contributed by atoms with van der Waals surface area (Å²) in [6, 6.07) is 27.4. The number of carbonyl (C=O) groups excluding carboxylic acids is 1. The van der Waals surface area contributed by atoms with Gasteiger partial charge in [0.15, 0.2) is 10.7 Å². The summed E-state index contributed by atoms with van der Waals surface area (Å²) in [5.41, 5.74) is 4.12. The fourth-order valence-electron chi connectivity index (χ4n) is 3.71. The second kappa shape index (κ2) is 11.3. The summed E-state index contributed by atoms with van der Waals surface area (Å²) in [7, 11) is 1.56. The predicted molar refractivity (Wildman–Crippen MR) is 152 cm³/mol. The van der Waals surface area contributed by atoms with Crippen LogP contribution < -0.4 is 20.1 Å². The van der Waals surface area contributed by atoms with Crippen molar-refractivity contribution in [3.8, 4) is 23.0 Å². The quantitative estimate of drug-likeness (QED) is 0.217. The molecule has 0 atom stereocenters. The molecule has 1 heterocycles. The van der Waals surface area contributed by atoms with E-state index in [1.165, 1.54) is 0 Å². The van der Waals surface area contributed by atoms with Crippen LogP contribution in [0.5, 0.6) is 11.5 Å². The molecule has 0 aliphatic rings. The van der Waals surface area contributed by atoms with Crippen molar-refractivity contribution < 1.29 is 18.7 Å². The molecule has 0 saturated carbocycles. The maximum atomic E-state index is 12.7. The topological polar surface area (TPSA) is 85.6 Å². The molecule has 2 N–H and O–H groups in total. The number of fused-ring (bicyclic) bond motifs is 1. The van der Waals surface area contributed by atoms with E-state index in [0.29, 0.717) is 51.4 Å². The molecular formula is C29H22ClN3O4S. The fraction of sp³-hybridized carbons (Fsp3) is 0.0690. The van der Waals surface area contributed by atoms with Crippen LogP contribution in [0.25, 0.3) is 22.6 Å². The van der Waals surface area contributed by atoms with Crippen molar-refractivity contribution in [2.24, 2.45) is 0 Å². The Morgan fingerprint density at radius 2 is 1.79 bits per heavy atom. The number of hydrogen-bond donors (Lipinski definition) is 2. The molecule has 0 aliphatic carbocycles. The predicted octanol–water partition coefficient (Wildman–Crippen LogP) is 6.86. The molecular weight excluding hydrogens is 522 g/mol. The molecule has 38 heavy (non-hydrogen) atoms. The molecule has 5 rings (SSSR count). The van der Waals surface area contributed by atoms with Crippen molar-refractivity contribution in [3.63, 3.8) is 0 Å². The molecule has 7 nitrogen and oxygen atoms in total. The van der Waals surface area contributed by atoms with E-state index in [-0.39, 0.29) is 11.0 Å². The van der Waals surface area contributed by atoms with Crippen LogP contribution in [-0.2, 0) is 6.61 Å². The van der Waals surface area contributed by atoms with Gasteiger partial charge < -0.3 is 19.2 Å². The second-order valence-electron chi connectivity index (χ2n) is 8.26. The van der Waals surface area contributed by atoms with E-state index >= 15 is 0 Å². The molecule has 1 amide bonds. The average molecular weight is 544 g/mol. The average Bonchev–Trinajstić information content (AvgIpc) is 3.36. The fourth-order valence-corrected chi connectivity index (χ4v) is 4.18. The van der Waals surface area contributed by atoms with Crippen molar-refractivity contribution in [1.82, 2.24) is 10.3 Å². The zero-order valence-corrected chi connectivity index (χ0v) is 21.8. The molecule has 0 bridgehead atoms. The van der Waals surface area contributed by atoms with Gasteiger partial charge in [-0.15, -0.1) is 0 Å². The number of methoxy groups -OCH3 is 1. The third kappa shape index (κ3) is 5.94. The molecule has 190 valence electrons. The minimum absolute atomic E-state index is 0.157. The number of nitrogens with one attached hydrogen (secondary N) is 2. The number of carbonyl (C=O) groups is 1. The Morgan fingerprint density at radius 3 is 2.53 bits per heavy atom. The van der Waals surface area contributed by atoms with Crippen molar-refractivity contribution in [2.45, 2.75) is 6.61 Å². The van der Waals surface area contributed by atoms with Gasteiger partial charge in [-0.05, 0) is 78.4 Å².